The molecule has 0 aromatic carbocycles. The summed E-state index contributed by atoms with van der Waals surface area (Å²) in [7, 11) is 0. The third-order valence-electron chi connectivity index (χ3n) is 2.20. The van der Waals surface area contributed by atoms with Crippen LogP contribution >= 0.6 is 0 Å². The lowest BCUT2D eigenvalue weighted by Crippen LogP contribution is -2.31. The van der Waals surface area contributed by atoms with Gasteiger partial charge in [-0.3, -0.25) is 4.79 Å². The molecule has 2 atom stereocenters. The molecule has 1 rings (SSSR count). The van der Waals surface area contributed by atoms with Crippen molar-refractivity contribution in [3.63, 3.8) is 0 Å². The summed E-state index contributed by atoms with van der Waals surface area (Å²) in [6, 6.07) is 1.57. The van der Waals surface area contributed by atoms with E-state index >= 15 is 0 Å². The number of ether oxygens (including phenoxy) is 1. The van der Waals surface area contributed by atoms with Gasteiger partial charge in [0.1, 0.15) is 6.07 Å². The molecule has 0 aromatic heterocycles. The van der Waals surface area contributed by atoms with Gasteiger partial charge in [0.15, 0.2) is 0 Å². The predicted octanol–water partition coefficient (Wildman–Crippen LogP) is 1.91. The Labute approximate surface area is 87.8 Å². The zero-order chi connectivity index (χ0) is 11.3. The Balaban J connectivity index is 2.69. The minimum Gasteiger partial charge on any atom is -0.466 e. The van der Waals surface area contributed by atoms with Gasteiger partial charge >= 0.3 is 5.97 Å². The van der Waals surface area contributed by atoms with Crippen molar-refractivity contribution in [2.45, 2.75) is 19.0 Å². The van der Waals surface area contributed by atoms with Crippen molar-refractivity contribution >= 4 is 5.97 Å². The van der Waals surface area contributed by atoms with E-state index in [1.165, 1.54) is 12.2 Å². The lowest BCUT2D eigenvalue weighted by molar-refractivity contribution is -0.144. The summed E-state index contributed by atoms with van der Waals surface area (Å²) in [5.74, 6) is -1.24. The van der Waals surface area contributed by atoms with E-state index in [0.717, 1.165) is 6.08 Å². The van der Waals surface area contributed by atoms with Gasteiger partial charge in [-0.2, -0.15) is 5.26 Å². The molecule has 0 saturated carbocycles. The maximum absolute atomic E-state index is 13.9. The van der Waals surface area contributed by atoms with Gasteiger partial charge in [-0.25, -0.2) is 4.39 Å². The maximum Gasteiger partial charge on any atom is 0.306 e. The van der Waals surface area contributed by atoms with Crippen molar-refractivity contribution in [3.05, 3.63) is 24.3 Å². The number of rotatable bonds is 3. The molecule has 1 aliphatic carbocycles. The second-order valence-corrected chi connectivity index (χ2v) is 3.24. The topological polar surface area (TPSA) is 50.1 Å². The number of halogens is 1. The van der Waals surface area contributed by atoms with Gasteiger partial charge in [-0.15, -0.1) is 0 Å². The molecule has 4 heteroatoms. The summed E-state index contributed by atoms with van der Waals surface area (Å²) in [4.78, 5) is 11.2. The highest BCUT2D eigenvalue weighted by molar-refractivity contribution is 5.70. The smallest absolute Gasteiger partial charge is 0.306 e. The summed E-state index contributed by atoms with van der Waals surface area (Å²) >= 11 is 0. The molecule has 1 aliphatic rings. The van der Waals surface area contributed by atoms with Crippen molar-refractivity contribution < 1.29 is 13.9 Å². The SMILES string of the molecule is CCOC(=O)CC1C=CC=CC1(F)C#N. The fourth-order valence-corrected chi connectivity index (χ4v) is 1.39. The third-order valence-corrected chi connectivity index (χ3v) is 2.20. The maximum atomic E-state index is 13.9. The van der Waals surface area contributed by atoms with Crippen LogP contribution in [0.1, 0.15) is 13.3 Å². The van der Waals surface area contributed by atoms with Gasteiger partial charge in [0.25, 0.3) is 0 Å². The number of alkyl halides is 1. The van der Waals surface area contributed by atoms with Crippen LogP contribution in [0, 0.1) is 17.2 Å². The van der Waals surface area contributed by atoms with Crippen molar-refractivity contribution in [1.29, 1.82) is 5.26 Å². The molecule has 0 spiro atoms. The van der Waals surface area contributed by atoms with E-state index < -0.39 is 17.6 Å². The van der Waals surface area contributed by atoms with E-state index in [2.05, 4.69) is 0 Å². The molecule has 0 aromatic rings. The van der Waals surface area contributed by atoms with Crippen molar-refractivity contribution in [1.82, 2.24) is 0 Å². The number of carbonyl (C=O) groups is 1. The molecular formula is C11H12FNO2. The molecular weight excluding hydrogens is 197 g/mol. The minimum absolute atomic E-state index is 0.112. The Bertz CT molecular complexity index is 343. The second-order valence-electron chi connectivity index (χ2n) is 3.24. The molecule has 0 N–H and O–H groups in total. The molecule has 80 valence electrons. The third kappa shape index (κ3) is 2.66. The molecule has 0 amide bonds. The summed E-state index contributed by atoms with van der Waals surface area (Å²) in [5.41, 5.74) is -2.10. The van der Waals surface area contributed by atoms with E-state index in [1.54, 1.807) is 19.1 Å². The van der Waals surface area contributed by atoms with Gasteiger partial charge in [0, 0.05) is 5.92 Å². The van der Waals surface area contributed by atoms with Crippen LogP contribution in [-0.2, 0) is 9.53 Å². The van der Waals surface area contributed by atoms with Crippen LogP contribution in [-0.4, -0.2) is 18.2 Å². The Morgan fingerprint density at radius 2 is 2.40 bits per heavy atom. The van der Waals surface area contributed by atoms with E-state index in [0.29, 0.717) is 0 Å². The molecule has 0 heterocycles. The standard InChI is InChI=1S/C11H12FNO2/c1-2-15-10(14)7-9-5-3-4-6-11(9,12)8-13/h3-6,9H,2,7H2,1H3. The van der Waals surface area contributed by atoms with Crippen LogP contribution in [0.4, 0.5) is 4.39 Å². The molecule has 2 unspecified atom stereocenters. The molecule has 0 bridgehead atoms. The van der Waals surface area contributed by atoms with E-state index in [-0.39, 0.29) is 13.0 Å². The van der Waals surface area contributed by atoms with Crippen LogP contribution in [0.15, 0.2) is 24.3 Å². The second kappa shape index (κ2) is 4.74. The zero-order valence-electron chi connectivity index (χ0n) is 8.44. The highest BCUT2D eigenvalue weighted by atomic mass is 19.1. The van der Waals surface area contributed by atoms with Crippen molar-refractivity contribution in [2.75, 3.05) is 6.61 Å². The quantitative estimate of drug-likeness (QED) is 0.667. The van der Waals surface area contributed by atoms with Crippen LogP contribution in [0.2, 0.25) is 0 Å². The lowest BCUT2D eigenvalue weighted by Gasteiger charge is -2.23. The van der Waals surface area contributed by atoms with Crippen LogP contribution in [0.25, 0.3) is 0 Å². The molecule has 3 nitrogen and oxygen atoms in total. The van der Waals surface area contributed by atoms with Crippen LogP contribution in [0.3, 0.4) is 0 Å². The average Bonchev–Trinajstić information content (AvgIpc) is 2.22. The number of nitrogens with zero attached hydrogens (tertiary/aromatic N) is 1. The number of hydrogen-bond acceptors (Lipinski definition) is 3. The van der Waals surface area contributed by atoms with Crippen molar-refractivity contribution in [2.24, 2.45) is 5.92 Å². The number of esters is 1. The summed E-state index contributed by atoms with van der Waals surface area (Å²) in [6.07, 6.45) is 5.65. The normalized spacial score (nSPS) is 28.5. The van der Waals surface area contributed by atoms with E-state index in [4.69, 9.17) is 10.00 Å². The van der Waals surface area contributed by atoms with Gasteiger partial charge < -0.3 is 4.74 Å². The predicted molar refractivity (Wildman–Crippen MR) is 52.5 cm³/mol. The molecule has 15 heavy (non-hydrogen) atoms. The van der Waals surface area contributed by atoms with Gasteiger partial charge in [0.05, 0.1) is 13.0 Å². The van der Waals surface area contributed by atoms with Crippen LogP contribution < -0.4 is 0 Å². The van der Waals surface area contributed by atoms with E-state index in [9.17, 15) is 9.18 Å². The highest BCUT2D eigenvalue weighted by Crippen LogP contribution is 2.30. The number of allylic oxidation sites excluding steroid dienone is 4. The first-order valence-corrected chi connectivity index (χ1v) is 4.74. The summed E-state index contributed by atoms with van der Waals surface area (Å²) < 4.78 is 18.6. The van der Waals surface area contributed by atoms with Crippen molar-refractivity contribution in [3.8, 4) is 6.07 Å². The first kappa shape index (κ1) is 11.4. The molecule has 0 saturated heterocycles. The van der Waals surface area contributed by atoms with Crippen LogP contribution in [0.5, 0.6) is 0 Å². The first-order chi connectivity index (χ1) is 7.12. The Kier molecular flexibility index (Phi) is 3.62. The number of hydrogen-bond donors (Lipinski definition) is 0. The average molecular weight is 209 g/mol. The highest BCUT2D eigenvalue weighted by Gasteiger charge is 2.38. The fraction of sp³-hybridized carbons (Fsp3) is 0.455. The first-order valence-electron chi connectivity index (χ1n) is 4.74. The Hall–Kier alpha value is -1.63. The molecule has 0 radical (unpaired) electrons. The monoisotopic (exact) mass is 209 g/mol. The van der Waals surface area contributed by atoms with Gasteiger partial charge in [0.2, 0.25) is 5.67 Å². The Morgan fingerprint density at radius 3 is 3.00 bits per heavy atom. The van der Waals surface area contributed by atoms with Gasteiger partial charge in [-0.1, -0.05) is 18.2 Å². The minimum atomic E-state index is -2.10. The molecule has 0 fully saturated rings. The molecule has 0 aliphatic heterocycles. The van der Waals surface area contributed by atoms with Gasteiger partial charge in [-0.05, 0) is 13.0 Å². The number of nitriles is 1. The largest absolute Gasteiger partial charge is 0.466 e. The number of carbonyl (C=O) groups excluding carboxylic acids is 1. The fourth-order valence-electron chi connectivity index (χ4n) is 1.39. The zero-order valence-corrected chi connectivity index (χ0v) is 8.44. The Morgan fingerprint density at radius 1 is 1.67 bits per heavy atom. The summed E-state index contributed by atoms with van der Waals surface area (Å²) in [5, 5.41) is 8.70. The summed E-state index contributed by atoms with van der Waals surface area (Å²) in [6.45, 7) is 1.94. The van der Waals surface area contributed by atoms with E-state index in [1.807, 2.05) is 0 Å². The lowest BCUT2D eigenvalue weighted by atomic mass is 9.84.